The van der Waals surface area contributed by atoms with E-state index >= 15 is 0 Å². The topological polar surface area (TPSA) is 9.23 Å². The molecule has 2 saturated carbocycles. The molecule has 0 aromatic carbocycles. The van der Waals surface area contributed by atoms with Crippen LogP contribution in [0.2, 0.25) is 0 Å². The quantitative estimate of drug-likeness (QED) is 0.605. The van der Waals surface area contributed by atoms with Crippen LogP contribution in [-0.2, 0) is 4.74 Å². The van der Waals surface area contributed by atoms with Crippen LogP contribution in [0, 0.1) is 11.8 Å². The summed E-state index contributed by atoms with van der Waals surface area (Å²) in [5.41, 5.74) is 1.21. The van der Waals surface area contributed by atoms with Crippen molar-refractivity contribution >= 4 is 0 Å². The van der Waals surface area contributed by atoms with Crippen molar-refractivity contribution in [2.45, 2.75) is 38.4 Å². The van der Waals surface area contributed by atoms with Gasteiger partial charge in [-0.1, -0.05) is 12.2 Å². The summed E-state index contributed by atoms with van der Waals surface area (Å²) in [6.45, 7) is 1.31. The van der Waals surface area contributed by atoms with E-state index in [1.807, 2.05) is 0 Å². The number of alkyl halides is 2. The van der Waals surface area contributed by atoms with Gasteiger partial charge in [-0.05, 0) is 37.5 Å². The van der Waals surface area contributed by atoms with Gasteiger partial charge in [0.05, 0.1) is 6.10 Å². The fourth-order valence-corrected chi connectivity index (χ4v) is 2.74. The molecule has 0 saturated heterocycles. The van der Waals surface area contributed by atoms with Crippen LogP contribution in [0.4, 0.5) is 8.78 Å². The van der Waals surface area contributed by atoms with Gasteiger partial charge in [-0.15, -0.1) is 0 Å². The van der Waals surface area contributed by atoms with Gasteiger partial charge in [-0.25, -0.2) is 0 Å². The van der Waals surface area contributed by atoms with Crippen molar-refractivity contribution in [3.63, 3.8) is 0 Å². The monoisotopic (exact) mass is 188 g/mol. The Morgan fingerprint density at radius 1 is 1.23 bits per heavy atom. The summed E-state index contributed by atoms with van der Waals surface area (Å²) in [5.74, 6) is 0.612. The highest BCUT2D eigenvalue weighted by molar-refractivity contribution is 5.08. The third-order valence-corrected chi connectivity index (χ3v) is 3.20. The highest BCUT2D eigenvalue weighted by Gasteiger charge is 2.42. The molecule has 0 amide bonds. The van der Waals surface area contributed by atoms with E-state index in [1.165, 1.54) is 5.57 Å². The van der Waals surface area contributed by atoms with Gasteiger partial charge in [0.1, 0.15) is 0 Å². The Morgan fingerprint density at radius 2 is 1.77 bits per heavy atom. The van der Waals surface area contributed by atoms with Crippen molar-refractivity contribution in [1.82, 2.24) is 0 Å². The molecule has 2 bridgehead atoms. The van der Waals surface area contributed by atoms with Crippen molar-refractivity contribution in [3.8, 4) is 0 Å². The Balaban J connectivity index is 2.02. The molecule has 1 nitrogen and oxygen atoms in total. The zero-order valence-electron chi connectivity index (χ0n) is 7.51. The summed E-state index contributed by atoms with van der Waals surface area (Å²) >= 11 is 0. The SMILES string of the molecule is C=C1CC2CCC(C1)C2OC(F)F. The van der Waals surface area contributed by atoms with E-state index in [2.05, 4.69) is 11.3 Å². The van der Waals surface area contributed by atoms with Gasteiger partial charge in [0.15, 0.2) is 0 Å². The Kier molecular flexibility index (Phi) is 2.37. The first-order chi connectivity index (χ1) is 6.16. The van der Waals surface area contributed by atoms with E-state index < -0.39 is 6.61 Å². The number of hydrogen-bond acceptors (Lipinski definition) is 1. The molecule has 2 unspecified atom stereocenters. The van der Waals surface area contributed by atoms with Crippen molar-refractivity contribution < 1.29 is 13.5 Å². The molecule has 0 aliphatic heterocycles. The maximum absolute atomic E-state index is 12.0. The molecule has 74 valence electrons. The van der Waals surface area contributed by atoms with Crippen LogP contribution in [0.5, 0.6) is 0 Å². The van der Waals surface area contributed by atoms with Crippen LogP contribution >= 0.6 is 0 Å². The van der Waals surface area contributed by atoms with E-state index in [-0.39, 0.29) is 6.10 Å². The van der Waals surface area contributed by atoms with Crippen LogP contribution in [0.3, 0.4) is 0 Å². The van der Waals surface area contributed by atoms with Gasteiger partial charge in [0.25, 0.3) is 0 Å². The van der Waals surface area contributed by atoms with E-state index in [4.69, 9.17) is 0 Å². The predicted octanol–water partition coefficient (Wildman–Crippen LogP) is 2.97. The molecule has 0 spiro atoms. The zero-order chi connectivity index (χ0) is 9.42. The van der Waals surface area contributed by atoms with Crippen molar-refractivity contribution in [1.29, 1.82) is 0 Å². The fourth-order valence-electron chi connectivity index (χ4n) is 2.74. The maximum Gasteiger partial charge on any atom is 0.345 e. The average molecular weight is 188 g/mol. The van der Waals surface area contributed by atoms with Crippen molar-refractivity contribution in [2.75, 3.05) is 0 Å². The minimum atomic E-state index is -2.61. The molecular formula is C10H14F2O. The summed E-state index contributed by atoms with van der Waals surface area (Å²) in [5, 5.41) is 0. The number of hydrogen-bond donors (Lipinski definition) is 0. The minimum absolute atomic E-state index is 0.203. The molecule has 0 N–H and O–H groups in total. The van der Waals surface area contributed by atoms with Gasteiger partial charge >= 0.3 is 6.61 Å². The van der Waals surface area contributed by atoms with E-state index in [0.717, 1.165) is 25.7 Å². The summed E-state index contributed by atoms with van der Waals surface area (Å²) in [6.07, 6.45) is 3.62. The zero-order valence-corrected chi connectivity index (χ0v) is 7.51. The summed E-state index contributed by atoms with van der Waals surface area (Å²) < 4.78 is 28.7. The normalized spacial score (nSPS) is 38.7. The largest absolute Gasteiger partial charge is 0.345 e. The Labute approximate surface area is 76.8 Å². The maximum atomic E-state index is 12.0. The first-order valence-corrected chi connectivity index (χ1v) is 4.77. The lowest BCUT2D eigenvalue weighted by molar-refractivity contribution is -0.184. The van der Waals surface area contributed by atoms with E-state index in [9.17, 15) is 8.78 Å². The lowest BCUT2D eigenvalue weighted by atomic mass is 9.83. The second kappa shape index (κ2) is 3.37. The van der Waals surface area contributed by atoms with Crippen LogP contribution in [0.25, 0.3) is 0 Å². The lowest BCUT2D eigenvalue weighted by Crippen LogP contribution is -2.31. The molecule has 3 heteroatoms. The van der Waals surface area contributed by atoms with Crippen LogP contribution in [0.15, 0.2) is 12.2 Å². The minimum Gasteiger partial charge on any atom is -0.319 e. The number of allylic oxidation sites excluding steroid dienone is 1. The molecular weight excluding hydrogens is 174 g/mol. The van der Waals surface area contributed by atoms with E-state index in [1.54, 1.807) is 0 Å². The van der Waals surface area contributed by atoms with Crippen LogP contribution < -0.4 is 0 Å². The lowest BCUT2D eigenvalue weighted by Gasteiger charge is -2.30. The summed E-state index contributed by atoms with van der Waals surface area (Å²) in [4.78, 5) is 0. The molecule has 0 aromatic rings. The molecule has 0 heterocycles. The van der Waals surface area contributed by atoms with Gasteiger partial charge in [-0.3, -0.25) is 0 Å². The molecule has 2 rings (SSSR count). The molecule has 0 radical (unpaired) electrons. The van der Waals surface area contributed by atoms with Crippen LogP contribution in [0.1, 0.15) is 25.7 Å². The second-order valence-electron chi connectivity index (χ2n) is 4.12. The van der Waals surface area contributed by atoms with Crippen molar-refractivity contribution in [2.24, 2.45) is 11.8 Å². The molecule has 2 atom stereocenters. The second-order valence-corrected chi connectivity index (χ2v) is 4.12. The number of fused-ring (bicyclic) bond motifs is 2. The number of halogens is 2. The highest BCUT2D eigenvalue weighted by atomic mass is 19.3. The van der Waals surface area contributed by atoms with E-state index in [0.29, 0.717) is 11.8 Å². The number of rotatable bonds is 2. The van der Waals surface area contributed by atoms with Gasteiger partial charge in [0.2, 0.25) is 0 Å². The molecule has 2 aliphatic rings. The average Bonchev–Trinajstić information content (AvgIpc) is 2.32. The first-order valence-electron chi connectivity index (χ1n) is 4.77. The Hall–Kier alpha value is -0.440. The Bertz CT molecular complexity index is 199. The Morgan fingerprint density at radius 3 is 2.23 bits per heavy atom. The smallest absolute Gasteiger partial charge is 0.319 e. The van der Waals surface area contributed by atoms with Crippen LogP contribution in [-0.4, -0.2) is 12.7 Å². The van der Waals surface area contributed by atoms with Gasteiger partial charge < -0.3 is 4.74 Å². The third kappa shape index (κ3) is 1.75. The predicted molar refractivity (Wildman–Crippen MR) is 45.5 cm³/mol. The number of ether oxygens (including phenoxy) is 1. The van der Waals surface area contributed by atoms with Gasteiger partial charge in [-0.2, -0.15) is 8.78 Å². The summed E-state index contributed by atoms with van der Waals surface area (Å²) in [7, 11) is 0. The molecule has 2 aliphatic carbocycles. The third-order valence-electron chi connectivity index (χ3n) is 3.20. The highest BCUT2D eigenvalue weighted by Crippen LogP contribution is 2.46. The molecule has 13 heavy (non-hydrogen) atoms. The molecule has 2 fully saturated rings. The van der Waals surface area contributed by atoms with Gasteiger partial charge in [0, 0.05) is 0 Å². The summed E-state index contributed by atoms with van der Waals surface area (Å²) in [6, 6.07) is 0. The van der Waals surface area contributed by atoms with Crippen molar-refractivity contribution in [3.05, 3.63) is 12.2 Å². The fraction of sp³-hybridized carbons (Fsp3) is 0.800. The standard InChI is InChI=1S/C10H14F2O/c1-6-4-7-2-3-8(5-6)9(7)13-10(11)12/h7-10H,1-5H2. The first kappa shape index (κ1) is 9.13. The molecule has 0 aromatic heterocycles.